The third-order valence-corrected chi connectivity index (χ3v) is 3.61. The number of aromatic nitrogens is 2. The average molecular weight is 262 g/mol. The third kappa shape index (κ3) is 4.82. The Balaban J connectivity index is 2.31. The molecule has 0 bridgehead atoms. The van der Waals surface area contributed by atoms with Crippen LogP contribution >= 0.6 is 0 Å². The van der Waals surface area contributed by atoms with Gasteiger partial charge in [0.25, 0.3) is 10.0 Å². The fourth-order valence-electron chi connectivity index (χ4n) is 1.20. The van der Waals surface area contributed by atoms with Gasteiger partial charge in [0.05, 0.1) is 19.1 Å². The summed E-state index contributed by atoms with van der Waals surface area (Å²) in [5.74, 6) is 0. The van der Waals surface area contributed by atoms with Crippen molar-refractivity contribution in [3.05, 3.63) is 12.5 Å². The Morgan fingerprint density at radius 2 is 2.29 bits per heavy atom. The van der Waals surface area contributed by atoms with Gasteiger partial charge >= 0.3 is 0 Å². The van der Waals surface area contributed by atoms with E-state index in [4.69, 9.17) is 4.74 Å². The van der Waals surface area contributed by atoms with E-state index in [-0.39, 0.29) is 5.03 Å². The van der Waals surface area contributed by atoms with Crippen molar-refractivity contribution in [3.63, 3.8) is 0 Å². The summed E-state index contributed by atoms with van der Waals surface area (Å²) in [7, 11) is 0.0809. The molecular formula is C9H18N4O3S. The number of aromatic amines is 1. The molecular weight excluding hydrogens is 244 g/mol. The zero-order valence-corrected chi connectivity index (χ0v) is 10.8. The second-order valence-electron chi connectivity index (χ2n) is 3.61. The van der Waals surface area contributed by atoms with Gasteiger partial charge in [-0.15, -0.1) is 0 Å². The molecule has 1 rings (SSSR count). The molecule has 0 saturated carbocycles. The second kappa shape index (κ2) is 6.70. The van der Waals surface area contributed by atoms with Crippen LogP contribution < -0.4 is 4.72 Å². The first kappa shape index (κ1) is 14.1. The molecule has 1 aromatic rings. The molecule has 0 saturated heterocycles. The largest absolute Gasteiger partial charge is 0.383 e. The molecule has 0 atom stereocenters. The number of ether oxygens (including phenoxy) is 1. The van der Waals surface area contributed by atoms with Crippen molar-refractivity contribution in [3.8, 4) is 0 Å². The number of hydrogen-bond acceptors (Lipinski definition) is 5. The van der Waals surface area contributed by atoms with Crippen LogP contribution in [-0.4, -0.2) is 63.7 Å². The molecule has 1 aromatic heterocycles. The van der Waals surface area contributed by atoms with E-state index in [1.54, 1.807) is 7.11 Å². The topological polar surface area (TPSA) is 87.3 Å². The molecule has 0 spiro atoms. The van der Waals surface area contributed by atoms with E-state index in [0.29, 0.717) is 19.7 Å². The normalized spacial score (nSPS) is 12.2. The van der Waals surface area contributed by atoms with Gasteiger partial charge in [-0.2, -0.15) is 0 Å². The van der Waals surface area contributed by atoms with E-state index in [1.807, 2.05) is 11.9 Å². The summed E-state index contributed by atoms with van der Waals surface area (Å²) < 4.78 is 30.7. The first-order valence-corrected chi connectivity index (χ1v) is 6.70. The highest BCUT2D eigenvalue weighted by atomic mass is 32.2. The molecule has 1 heterocycles. The molecule has 0 aliphatic carbocycles. The van der Waals surface area contributed by atoms with E-state index >= 15 is 0 Å². The molecule has 0 fully saturated rings. The smallest absolute Gasteiger partial charge is 0.257 e. The second-order valence-corrected chi connectivity index (χ2v) is 5.35. The lowest BCUT2D eigenvalue weighted by Gasteiger charge is -2.15. The zero-order valence-electron chi connectivity index (χ0n) is 10.0. The molecule has 8 heteroatoms. The van der Waals surface area contributed by atoms with Crippen molar-refractivity contribution < 1.29 is 13.2 Å². The van der Waals surface area contributed by atoms with Crippen molar-refractivity contribution in [1.82, 2.24) is 19.6 Å². The maximum absolute atomic E-state index is 11.7. The van der Waals surface area contributed by atoms with Crippen molar-refractivity contribution in [2.75, 3.05) is 40.4 Å². The molecule has 0 aliphatic heterocycles. The van der Waals surface area contributed by atoms with Crippen LogP contribution in [0.1, 0.15) is 0 Å². The maximum atomic E-state index is 11.7. The summed E-state index contributed by atoms with van der Waals surface area (Å²) in [5.41, 5.74) is 0. The molecule has 7 nitrogen and oxygen atoms in total. The maximum Gasteiger partial charge on any atom is 0.257 e. The standard InChI is InChI=1S/C9H18N4O3S/c1-13(5-6-16-2)4-3-12-17(14,15)9-7-10-8-11-9/h7-8,12H,3-6H2,1-2H3,(H,10,11). The van der Waals surface area contributed by atoms with E-state index in [9.17, 15) is 8.42 Å². The Kier molecular flexibility index (Phi) is 5.56. The molecule has 0 aliphatic rings. The van der Waals surface area contributed by atoms with E-state index in [1.165, 1.54) is 12.5 Å². The monoisotopic (exact) mass is 262 g/mol. The molecule has 2 N–H and O–H groups in total. The summed E-state index contributed by atoms with van der Waals surface area (Å²) in [6.07, 6.45) is 2.61. The number of methoxy groups -OCH3 is 1. The van der Waals surface area contributed by atoms with Crippen LogP contribution in [0.5, 0.6) is 0 Å². The minimum Gasteiger partial charge on any atom is -0.383 e. The Hall–Kier alpha value is -0.960. The number of H-pyrrole nitrogens is 1. The summed E-state index contributed by atoms with van der Waals surface area (Å²) in [6, 6.07) is 0. The fraction of sp³-hybridized carbons (Fsp3) is 0.667. The molecule has 0 unspecified atom stereocenters. The van der Waals surface area contributed by atoms with Gasteiger partial charge in [0.15, 0.2) is 5.03 Å². The number of nitrogens with one attached hydrogen (secondary N) is 2. The van der Waals surface area contributed by atoms with Gasteiger partial charge in [-0.05, 0) is 7.05 Å². The minimum atomic E-state index is -3.46. The fourth-order valence-corrected chi connectivity index (χ4v) is 2.12. The van der Waals surface area contributed by atoms with E-state index < -0.39 is 10.0 Å². The molecule has 0 aromatic carbocycles. The predicted octanol–water partition coefficient (Wildman–Crippen LogP) is -0.734. The molecule has 98 valence electrons. The summed E-state index contributed by atoms with van der Waals surface area (Å²) >= 11 is 0. The van der Waals surface area contributed by atoms with Crippen molar-refractivity contribution in [2.24, 2.45) is 0 Å². The van der Waals surface area contributed by atoms with Crippen LogP contribution in [0.25, 0.3) is 0 Å². The highest BCUT2D eigenvalue weighted by Crippen LogP contribution is 2.00. The van der Waals surface area contributed by atoms with Gasteiger partial charge in [0.1, 0.15) is 0 Å². The van der Waals surface area contributed by atoms with Crippen molar-refractivity contribution in [2.45, 2.75) is 5.03 Å². The van der Waals surface area contributed by atoms with Crippen LogP contribution in [0.3, 0.4) is 0 Å². The number of hydrogen-bond donors (Lipinski definition) is 2. The van der Waals surface area contributed by atoms with Gasteiger partial charge in [0, 0.05) is 26.7 Å². The lowest BCUT2D eigenvalue weighted by Crippen LogP contribution is -2.34. The average Bonchev–Trinajstić information content (AvgIpc) is 2.80. The van der Waals surface area contributed by atoms with Gasteiger partial charge in [-0.25, -0.2) is 18.1 Å². The Bertz CT molecular complexity index is 404. The molecule has 0 amide bonds. The van der Waals surface area contributed by atoms with Crippen molar-refractivity contribution >= 4 is 10.0 Å². The van der Waals surface area contributed by atoms with Gasteiger partial charge < -0.3 is 14.6 Å². The van der Waals surface area contributed by atoms with Gasteiger partial charge in [0.2, 0.25) is 0 Å². The molecule has 17 heavy (non-hydrogen) atoms. The zero-order chi connectivity index (χ0) is 12.7. The summed E-state index contributed by atoms with van der Waals surface area (Å²) in [6.45, 7) is 2.37. The van der Waals surface area contributed by atoms with Crippen LogP contribution in [0.15, 0.2) is 17.6 Å². The Morgan fingerprint density at radius 1 is 1.53 bits per heavy atom. The molecule has 0 radical (unpaired) electrons. The van der Waals surface area contributed by atoms with E-state index in [2.05, 4.69) is 14.7 Å². The number of imidazole rings is 1. The summed E-state index contributed by atoms with van der Waals surface area (Å²) in [5, 5.41) is 0.0806. The van der Waals surface area contributed by atoms with Gasteiger partial charge in [-0.1, -0.05) is 0 Å². The predicted molar refractivity (Wildman–Crippen MR) is 63.1 cm³/mol. The summed E-state index contributed by atoms with van der Waals surface area (Å²) in [4.78, 5) is 8.21. The van der Waals surface area contributed by atoms with Gasteiger partial charge in [-0.3, -0.25) is 0 Å². The lowest BCUT2D eigenvalue weighted by atomic mass is 10.5. The highest BCUT2D eigenvalue weighted by Gasteiger charge is 2.14. The highest BCUT2D eigenvalue weighted by molar-refractivity contribution is 7.89. The van der Waals surface area contributed by atoms with Crippen LogP contribution in [-0.2, 0) is 14.8 Å². The Morgan fingerprint density at radius 3 is 2.88 bits per heavy atom. The third-order valence-electron chi connectivity index (χ3n) is 2.23. The lowest BCUT2D eigenvalue weighted by molar-refractivity contribution is 0.162. The number of sulfonamides is 1. The Labute approximate surface area is 101 Å². The minimum absolute atomic E-state index is 0.0806. The van der Waals surface area contributed by atoms with Crippen LogP contribution in [0, 0.1) is 0 Å². The SMILES string of the molecule is COCCN(C)CCNS(=O)(=O)c1cnc[nH]1. The van der Waals surface area contributed by atoms with E-state index in [0.717, 1.165) is 6.54 Å². The van der Waals surface area contributed by atoms with Crippen LogP contribution in [0.4, 0.5) is 0 Å². The van der Waals surface area contributed by atoms with Crippen molar-refractivity contribution in [1.29, 1.82) is 0 Å². The number of rotatable bonds is 8. The number of likely N-dealkylation sites (N-methyl/N-ethyl adjacent to an activating group) is 1. The first-order chi connectivity index (χ1) is 8.06. The van der Waals surface area contributed by atoms with Crippen LogP contribution in [0.2, 0.25) is 0 Å². The number of nitrogens with zero attached hydrogens (tertiary/aromatic N) is 2. The first-order valence-electron chi connectivity index (χ1n) is 5.22. The quantitative estimate of drug-likeness (QED) is 0.645.